The number of nitrogens with two attached hydrogens (primary N) is 1. The zero-order valence-electron chi connectivity index (χ0n) is 8.38. The van der Waals surface area contributed by atoms with Gasteiger partial charge < -0.3 is 15.7 Å². The molecule has 1 aromatic rings. The summed E-state index contributed by atoms with van der Waals surface area (Å²) >= 11 is 1.01. The Morgan fingerprint density at radius 2 is 2.40 bits per heavy atom. The highest BCUT2D eigenvalue weighted by Crippen LogP contribution is 2.18. The Labute approximate surface area is 90.6 Å². The summed E-state index contributed by atoms with van der Waals surface area (Å²) in [6.07, 6.45) is -0.276. The zero-order valence-corrected chi connectivity index (χ0v) is 9.19. The maximum atomic E-state index is 10.3. The number of carboxylic acid groups (broad SMARTS) is 1. The number of ether oxygens (including phenoxy) is 1. The van der Waals surface area contributed by atoms with E-state index in [1.165, 1.54) is 11.8 Å². The fraction of sp³-hybridized carbons (Fsp3) is 0.571. The maximum Gasteiger partial charge on any atom is 0.313 e. The van der Waals surface area contributed by atoms with Gasteiger partial charge in [-0.15, -0.1) is 10.2 Å². The van der Waals surface area contributed by atoms with E-state index in [4.69, 9.17) is 15.7 Å². The standard InChI is InChI=1S/C7H12N4O3S/c1-4(14-2)6-9-10-7(11(6)8)15-3-5(12)13/h4H,3,8H2,1-2H3,(H,12,13). The van der Waals surface area contributed by atoms with Gasteiger partial charge in [0, 0.05) is 7.11 Å². The molecule has 3 N–H and O–H groups in total. The number of nitrogen functional groups attached to an aromatic ring is 1. The highest BCUT2D eigenvalue weighted by molar-refractivity contribution is 7.99. The van der Waals surface area contributed by atoms with Crippen LogP contribution in [0.25, 0.3) is 0 Å². The predicted octanol–water partition coefficient (Wildman–Crippen LogP) is -0.124. The van der Waals surface area contributed by atoms with Crippen molar-refractivity contribution in [2.75, 3.05) is 18.7 Å². The number of carbonyl (C=O) groups is 1. The SMILES string of the molecule is COC(C)c1nnc(SCC(=O)O)n1N. The number of thioether (sulfide) groups is 1. The molecule has 0 fully saturated rings. The molecule has 0 saturated heterocycles. The lowest BCUT2D eigenvalue weighted by molar-refractivity contribution is -0.133. The van der Waals surface area contributed by atoms with E-state index in [-0.39, 0.29) is 11.9 Å². The van der Waals surface area contributed by atoms with E-state index in [9.17, 15) is 4.79 Å². The summed E-state index contributed by atoms with van der Waals surface area (Å²) in [5.41, 5.74) is 0. The van der Waals surface area contributed by atoms with E-state index in [2.05, 4.69) is 10.2 Å². The lowest BCUT2D eigenvalue weighted by Crippen LogP contribution is -2.17. The molecular formula is C7H12N4O3S. The molecule has 0 saturated carbocycles. The van der Waals surface area contributed by atoms with Crippen LogP contribution in [-0.2, 0) is 9.53 Å². The van der Waals surface area contributed by atoms with E-state index in [0.717, 1.165) is 11.8 Å². The molecule has 0 aliphatic rings. The van der Waals surface area contributed by atoms with E-state index in [1.807, 2.05) is 0 Å². The van der Waals surface area contributed by atoms with Gasteiger partial charge in [0.15, 0.2) is 5.82 Å². The summed E-state index contributed by atoms with van der Waals surface area (Å²) in [6, 6.07) is 0. The Morgan fingerprint density at radius 3 is 2.93 bits per heavy atom. The average molecular weight is 232 g/mol. The summed E-state index contributed by atoms with van der Waals surface area (Å²) in [6.45, 7) is 1.78. The quantitative estimate of drug-likeness (QED) is 0.538. The molecule has 84 valence electrons. The van der Waals surface area contributed by atoms with Gasteiger partial charge in [-0.3, -0.25) is 4.79 Å². The number of rotatable bonds is 5. The highest BCUT2D eigenvalue weighted by atomic mass is 32.2. The highest BCUT2D eigenvalue weighted by Gasteiger charge is 2.16. The average Bonchev–Trinajstić information content (AvgIpc) is 2.56. The van der Waals surface area contributed by atoms with Crippen LogP contribution >= 0.6 is 11.8 Å². The minimum Gasteiger partial charge on any atom is -0.481 e. The summed E-state index contributed by atoms with van der Waals surface area (Å²) in [4.78, 5) is 10.3. The van der Waals surface area contributed by atoms with Crippen molar-refractivity contribution >= 4 is 17.7 Å². The third-order valence-electron chi connectivity index (χ3n) is 1.73. The predicted molar refractivity (Wildman–Crippen MR) is 54.0 cm³/mol. The second-order valence-corrected chi connectivity index (χ2v) is 3.71. The summed E-state index contributed by atoms with van der Waals surface area (Å²) in [7, 11) is 1.53. The zero-order chi connectivity index (χ0) is 11.4. The van der Waals surface area contributed by atoms with Gasteiger partial charge in [0.05, 0.1) is 5.75 Å². The Hall–Kier alpha value is -1.28. The molecule has 0 spiro atoms. The van der Waals surface area contributed by atoms with Crippen molar-refractivity contribution < 1.29 is 14.6 Å². The van der Waals surface area contributed by atoms with Gasteiger partial charge in [-0.1, -0.05) is 11.8 Å². The Morgan fingerprint density at radius 1 is 1.73 bits per heavy atom. The van der Waals surface area contributed by atoms with Crippen LogP contribution in [0.3, 0.4) is 0 Å². The van der Waals surface area contributed by atoms with Gasteiger partial charge in [-0.05, 0) is 6.92 Å². The van der Waals surface area contributed by atoms with E-state index in [1.54, 1.807) is 6.92 Å². The van der Waals surface area contributed by atoms with Crippen LogP contribution < -0.4 is 5.84 Å². The number of aliphatic carboxylic acids is 1. The van der Waals surface area contributed by atoms with Crippen molar-refractivity contribution in [3.8, 4) is 0 Å². The molecule has 1 heterocycles. The molecular weight excluding hydrogens is 220 g/mol. The van der Waals surface area contributed by atoms with Crippen molar-refractivity contribution in [3.63, 3.8) is 0 Å². The van der Waals surface area contributed by atoms with Crippen LogP contribution in [0.2, 0.25) is 0 Å². The lowest BCUT2D eigenvalue weighted by Gasteiger charge is -2.08. The van der Waals surface area contributed by atoms with E-state index >= 15 is 0 Å². The summed E-state index contributed by atoms with van der Waals surface area (Å²) in [5, 5.41) is 16.4. The number of hydrogen-bond acceptors (Lipinski definition) is 6. The van der Waals surface area contributed by atoms with Crippen LogP contribution in [-0.4, -0.2) is 38.8 Å². The number of nitrogens with zero attached hydrogens (tertiary/aromatic N) is 3. The van der Waals surface area contributed by atoms with Crippen molar-refractivity contribution in [2.45, 2.75) is 18.2 Å². The van der Waals surface area contributed by atoms with Crippen molar-refractivity contribution in [3.05, 3.63) is 5.82 Å². The first-order chi connectivity index (χ1) is 7.06. The Bertz CT molecular complexity index is 354. The van der Waals surface area contributed by atoms with Crippen LogP contribution in [0.4, 0.5) is 0 Å². The Kier molecular flexibility index (Phi) is 3.92. The minimum atomic E-state index is -0.927. The van der Waals surface area contributed by atoms with E-state index < -0.39 is 5.97 Å². The van der Waals surface area contributed by atoms with Crippen molar-refractivity contribution in [2.24, 2.45) is 0 Å². The minimum absolute atomic E-state index is 0.100. The third kappa shape index (κ3) is 2.83. The van der Waals surface area contributed by atoms with Gasteiger partial charge in [-0.2, -0.15) is 0 Å². The number of hydrogen-bond donors (Lipinski definition) is 2. The molecule has 1 unspecified atom stereocenters. The van der Waals surface area contributed by atoms with Gasteiger partial charge in [0.25, 0.3) is 0 Å². The monoisotopic (exact) mass is 232 g/mol. The molecule has 0 aliphatic heterocycles. The lowest BCUT2D eigenvalue weighted by atomic mass is 10.4. The van der Waals surface area contributed by atoms with Crippen LogP contribution in [0.5, 0.6) is 0 Å². The summed E-state index contributed by atoms with van der Waals surface area (Å²) < 4.78 is 6.26. The number of methoxy groups -OCH3 is 1. The second-order valence-electron chi connectivity index (χ2n) is 2.77. The number of aromatic nitrogens is 3. The first-order valence-corrected chi connectivity index (χ1v) is 5.12. The molecule has 15 heavy (non-hydrogen) atoms. The third-order valence-corrected chi connectivity index (χ3v) is 2.66. The normalized spacial score (nSPS) is 12.7. The van der Waals surface area contributed by atoms with Crippen LogP contribution in [0, 0.1) is 0 Å². The first-order valence-electron chi connectivity index (χ1n) is 4.14. The largest absolute Gasteiger partial charge is 0.481 e. The molecule has 1 aromatic heterocycles. The molecule has 0 bridgehead atoms. The first kappa shape index (κ1) is 11.8. The van der Waals surface area contributed by atoms with Gasteiger partial charge in [0.2, 0.25) is 5.16 Å². The fourth-order valence-corrected chi connectivity index (χ4v) is 1.48. The van der Waals surface area contributed by atoms with Crippen LogP contribution in [0.1, 0.15) is 18.9 Å². The topological polar surface area (TPSA) is 103 Å². The van der Waals surface area contributed by atoms with Crippen molar-refractivity contribution in [1.29, 1.82) is 0 Å². The molecule has 1 rings (SSSR count). The molecule has 0 amide bonds. The maximum absolute atomic E-state index is 10.3. The molecule has 8 heteroatoms. The summed E-state index contributed by atoms with van der Waals surface area (Å²) in [5.74, 6) is 5.10. The van der Waals surface area contributed by atoms with Crippen LogP contribution in [0.15, 0.2) is 5.16 Å². The number of carboxylic acids is 1. The Balaban J connectivity index is 2.75. The molecule has 0 aliphatic carbocycles. The molecule has 0 radical (unpaired) electrons. The molecule has 0 aromatic carbocycles. The van der Waals surface area contributed by atoms with E-state index in [0.29, 0.717) is 11.0 Å². The molecule has 1 atom stereocenters. The van der Waals surface area contributed by atoms with Crippen molar-refractivity contribution in [1.82, 2.24) is 14.9 Å². The fourth-order valence-electron chi connectivity index (χ4n) is 0.896. The molecule has 7 nitrogen and oxygen atoms in total. The van der Waals surface area contributed by atoms with Gasteiger partial charge in [-0.25, -0.2) is 4.68 Å². The van der Waals surface area contributed by atoms with Gasteiger partial charge in [0.1, 0.15) is 6.10 Å². The second kappa shape index (κ2) is 4.99. The smallest absolute Gasteiger partial charge is 0.313 e. The van der Waals surface area contributed by atoms with Gasteiger partial charge >= 0.3 is 5.97 Å².